The SMILES string of the molecule is CO[C@@H]1[C@@H](O)[C@H](C)O[C@@H](O)[C@H]1OC(C)=O. The zero-order chi connectivity index (χ0) is 11.6. The van der Waals surface area contributed by atoms with Crippen molar-refractivity contribution in [3.63, 3.8) is 0 Å². The van der Waals surface area contributed by atoms with E-state index in [-0.39, 0.29) is 0 Å². The number of ether oxygens (including phenoxy) is 3. The smallest absolute Gasteiger partial charge is 0.303 e. The van der Waals surface area contributed by atoms with E-state index in [1.165, 1.54) is 14.0 Å². The van der Waals surface area contributed by atoms with Crippen molar-refractivity contribution < 1.29 is 29.2 Å². The number of carbonyl (C=O) groups is 1. The van der Waals surface area contributed by atoms with Gasteiger partial charge >= 0.3 is 5.97 Å². The lowest BCUT2D eigenvalue weighted by molar-refractivity contribution is -0.286. The number of carbonyl (C=O) groups excluding carboxylic acids is 1. The molecule has 0 saturated carbocycles. The van der Waals surface area contributed by atoms with Crippen molar-refractivity contribution in [2.75, 3.05) is 7.11 Å². The van der Waals surface area contributed by atoms with Crippen LogP contribution in [0.5, 0.6) is 0 Å². The number of methoxy groups -OCH3 is 1. The molecule has 0 aromatic heterocycles. The largest absolute Gasteiger partial charge is 0.454 e. The summed E-state index contributed by atoms with van der Waals surface area (Å²) in [6.45, 7) is 2.81. The van der Waals surface area contributed by atoms with Gasteiger partial charge < -0.3 is 24.4 Å². The van der Waals surface area contributed by atoms with Gasteiger partial charge in [0.1, 0.15) is 12.2 Å². The van der Waals surface area contributed by atoms with Crippen LogP contribution in [0.25, 0.3) is 0 Å². The van der Waals surface area contributed by atoms with E-state index in [4.69, 9.17) is 14.2 Å². The van der Waals surface area contributed by atoms with Gasteiger partial charge in [-0.2, -0.15) is 0 Å². The molecule has 0 radical (unpaired) electrons. The first kappa shape index (κ1) is 12.4. The summed E-state index contributed by atoms with van der Waals surface area (Å²) < 4.78 is 14.8. The highest BCUT2D eigenvalue weighted by Crippen LogP contribution is 2.24. The van der Waals surface area contributed by atoms with Crippen molar-refractivity contribution in [1.29, 1.82) is 0 Å². The minimum absolute atomic E-state index is 0.563. The summed E-state index contributed by atoms with van der Waals surface area (Å²) in [5.41, 5.74) is 0. The fourth-order valence-corrected chi connectivity index (χ4v) is 1.59. The van der Waals surface area contributed by atoms with Crippen molar-refractivity contribution in [1.82, 2.24) is 0 Å². The maximum atomic E-state index is 10.8. The van der Waals surface area contributed by atoms with Crippen LogP contribution in [0.3, 0.4) is 0 Å². The summed E-state index contributed by atoms with van der Waals surface area (Å²) in [6.07, 6.45) is -4.58. The van der Waals surface area contributed by atoms with E-state index in [0.717, 1.165) is 0 Å². The Balaban J connectivity index is 2.76. The van der Waals surface area contributed by atoms with E-state index < -0.39 is 36.7 Å². The Morgan fingerprint density at radius 1 is 1.33 bits per heavy atom. The van der Waals surface area contributed by atoms with E-state index >= 15 is 0 Å². The molecule has 6 heteroatoms. The molecule has 0 bridgehead atoms. The summed E-state index contributed by atoms with van der Waals surface area (Å²) in [5.74, 6) is -0.563. The minimum Gasteiger partial charge on any atom is -0.454 e. The molecule has 1 heterocycles. The molecule has 0 spiro atoms. The van der Waals surface area contributed by atoms with Gasteiger partial charge in [-0.25, -0.2) is 0 Å². The Bertz CT molecular complexity index is 231. The van der Waals surface area contributed by atoms with Crippen LogP contribution in [0.1, 0.15) is 13.8 Å². The summed E-state index contributed by atoms with van der Waals surface area (Å²) in [4.78, 5) is 10.8. The topological polar surface area (TPSA) is 85.2 Å². The highest BCUT2D eigenvalue weighted by Gasteiger charge is 2.45. The van der Waals surface area contributed by atoms with Crippen molar-refractivity contribution in [2.24, 2.45) is 0 Å². The van der Waals surface area contributed by atoms with Crippen LogP contribution in [0.2, 0.25) is 0 Å². The summed E-state index contributed by atoms with van der Waals surface area (Å²) in [5, 5.41) is 19.2. The maximum absolute atomic E-state index is 10.8. The summed E-state index contributed by atoms with van der Waals surface area (Å²) >= 11 is 0. The Labute approximate surface area is 87.7 Å². The second-order valence-corrected chi connectivity index (χ2v) is 3.50. The van der Waals surface area contributed by atoms with Crippen LogP contribution in [-0.2, 0) is 19.0 Å². The predicted molar refractivity (Wildman–Crippen MR) is 48.9 cm³/mol. The normalized spacial score (nSPS) is 41.3. The number of rotatable bonds is 2. The van der Waals surface area contributed by atoms with Gasteiger partial charge in [-0.3, -0.25) is 4.79 Å². The molecule has 88 valence electrons. The van der Waals surface area contributed by atoms with Gasteiger partial charge in [0, 0.05) is 14.0 Å². The molecule has 0 aromatic carbocycles. The lowest BCUT2D eigenvalue weighted by Crippen LogP contribution is -2.58. The molecule has 5 atom stereocenters. The lowest BCUT2D eigenvalue weighted by Gasteiger charge is -2.40. The zero-order valence-electron chi connectivity index (χ0n) is 8.91. The highest BCUT2D eigenvalue weighted by atomic mass is 16.7. The molecule has 0 unspecified atom stereocenters. The standard InChI is InChI=1S/C9H16O6/c1-4-6(11)7(13-3)8(9(12)14-4)15-5(2)10/h4,6-9,11-12H,1-3H3/t4-,6-,7+,8-,9+/m0/s1. The van der Waals surface area contributed by atoms with E-state index in [1.807, 2.05) is 0 Å². The molecular weight excluding hydrogens is 204 g/mol. The molecule has 1 fully saturated rings. The maximum Gasteiger partial charge on any atom is 0.303 e. The number of hydrogen-bond acceptors (Lipinski definition) is 6. The highest BCUT2D eigenvalue weighted by molar-refractivity contribution is 5.66. The van der Waals surface area contributed by atoms with Gasteiger partial charge in [-0.15, -0.1) is 0 Å². The lowest BCUT2D eigenvalue weighted by atomic mass is 9.99. The van der Waals surface area contributed by atoms with Crippen molar-refractivity contribution in [3.8, 4) is 0 Å². The third-order valence-corrected chi connectivity index (χ3v) is 2.35. The first-order chi connectivity index (χ1) is 6.97. The monoisotopic (exact) mass is 220 g/mol. The second kappa shape index (κ2) is 4.89. The fourth-order valence-electron chi connectivity index (χ4n) is 1.59. The third-order valence-electron chi connectivity index (χ3n) is 2.35. The van der Waals surface area contributed by atoms with Crippen LogP contribution >= 0.6 is 0 Å². The molecule has 1 aliphatic heterocycles. The molecular formula is C9H16O6. The summed E-state index contributed by atoms with van der Waals surface area (Å²) in [7, 11) is 1.37. The molecule has 1 rings (SSSR count). The number of aliphatic hydroxyl groups is 2. The number of esters is 1. The first-order valence-electron chi connectivity index (χ1n) is 4.69. The molecule has 0 aromatic rings. The fraction of sp³-hybridized carbons (Fsp3) is 0.889. The molecule has 0 aliphatic carbocycles. The zero-order valence-corrected chi connectivity index (χ0v) is 8.91. The third kappa shape index (κ3) is 2.66. The van der Waals surface area contributed by atoms with Crippen LogP contribution in [0.15, 0.2) is 0 Å². The van der Waals surface area contributed by atoms with Crippen molar-refractivity contribution >= 4 is 5.97 Å². The van der Waals surface area contributed by atoms with Gasteiger partial charge in [0.15, 0.2) is 12.4 Å². The van der Waals surface area contributed by atoms with E-state index in [2.05, 4.69) is 0 Å². The molecule has 1 saturated heterocycles. The van der Waals surface area contributed by atoms with Gasteiger partial charge in [0.2, 0.25) is 0 Å². The van der Waals surface area contributed by atoms with Crippen LogP contribution in [0.4, 0.5) is 0 Å². The Hall–Kier alpha value is -0.690. The van der Waals surface area contributed by atoms with Gasteiger partial charge in [-0.1, -0.05) is 0 Å². The van der Waals surface area contributed by atoms with Crippen LogP contribution < -0.4 is 0 Å². The Morgan fingerprint density at radius 3 is 2.40 bits per heavy atom. The Morgan fingerprint density at radius 2 is 1.93 bits per heavy atom. The first-order valence-corrected chi connectivity index (χ1v) is 4.69. The number of aliphatic hydroxyl groups excluding tert-OH is 2. The van der Waals surface area contributed by atoms with E-state index in [0.29, 0.717) is 0 Å². The summed E-state index contributed by atoms with van der Waals surface area (Å²) in [6, 6.07) is 0. The average Bonchev–Trinajstić information content (AvgIpc) is 2.14. The van der Waals surface area contributed by atoms with Crippen molar-refractivity contribution in [2.45, 2.75) is 44.6 Å². The van der Waals surface area contributed by atoms with Gasteiger partial charge in [0.05, 0.1) is 6.10 Å². The molecule has 2 N–H and O–H groups in total. The van der Waals surface area contributed by atoms with Gasteiger partial charge in [0.25, 0.3) is 0 Å². The minimum atomic E-state index is -1.28. The van der Waals surface area contributed by atoms with Crippen LogP contribution in [0, 0.1) is 0 Å². The second-order valence-electron chi connectivity index (χ2n) is 3.50. The quantitative estimate of drug-likeness (QED) is 0.582. The molecule has 1 aliphatic rings. The van der Waals surface area contributed by atoms with Crippen molar-refractivity contribution in [3.05, 3.63) is 0 Å². The molecule has 0 amide bonds. The average molecular weight is 220 g/mol. The number of hydrogen-bond donors (Lipinski definition) is 2. The van der Waals surface area contributed by atoms with Crippen LogP contribution in [-0.4, -0.2) is 54.0 Å². The van der Waals surface area contributed by atoms with Gasteiger partial charge in [-0.05, 0) is 6.92 Å². The Kier molecular flexibility index (Phi) is 4.04. The van der Waals surface area contributed by atoms with E-state index in [1.54, 1.807) is 6.92 Å². The predicted octanol–water partition coefficient (Wildman–Crippen LogP) is -0.969. The molecule has 15 heavy (non-hydrogen) atoms. The van der Waals surface area contributed by atoms with E-state index in [9.17, 15) is 15.0 Å². The molecule has 6 nitrogen and oxygen atoms in total.